The Labute approximate surface area is 130 Å². The Morgan fingerprint density at radius 3 is 2.38 bits per heavy atom. The minimum Gasteiger partial charge on any atom is -0.349 e. The van der Waals surface area contributed by atoms with Crippen LogP contribution in [0.25, 0.3) is 0 Å². The van der Waals surface area contributed by atoms with Crippen molar-refractivity contribution in [2.75, 3.05) is 0 Å². The van der Waals surface area contributed by atoms with Crippen LogP contribution in [0.5, 0.6) is 0 Å². The Balaban J connectivity index is 2.00. The number of amides is 1. The normalized spacial score (nSPS) is 12.0. The van der Waals surface area contributed by atoms with Crippen molar-refractivity contribution in [2.24, 2.45) is 0 Å². The summed E-state index contributed by atoms with van der Waals surface area (Å²) in [5.41, 5.74) is 1.31. The quantitative estimate of drug-likeness (QED) is 0.881. The van der Waals surface area contributed by atoms with Crippen LogP contribution in [0.4, 0.5) is 8.78 Å². The van der Waals surface area contributed by atoms with E-state index < -0.39 is 5.82 Å². The first-order valence-corrected chi connectivity index (χ1v) is 7.25. The second-order valence-corrected chi connectivity index (χ2v) is 5.68. The maximum atomic E-state index is 13.0. The summed E-state index contributed by atoms with van der Waals surface area (Å²) in [6.45, 7) is 1.86. The van der Waals surface area contributed by atoms with E-state index in [1.54, 1.807) is 12.1 Å². The highest BCUT2D eigenvalue weighted by Crippen LogP contribution is 2.18. The van der Waals surface area contributed by atoms with Gasteiger partial charge in [0.25, 0.3) is 5.91 Å². The summed E-state index contributed by atoms with van der Waals surface area (Å²) in [5, 5.41) is 2.83. The molecule has 0 saturated heterocycles. The lowest BCUT2D eigenvalue weighted by Crippen LogP contribution is -2.34. The Morgan fingerprint density at radius 1 is 1.14 bits per heavy atom. The molecule has 0 aliphatic rings. The molecule has 1 amide bonds. The van der Waals surface area contributed by atoms with Crippen molar-refractivity contribution in [3.8, 4) is 0 Å². The van der Waals surface area contributed by atoms with E-state index in [1.807, 2.05) is 6.92 Å². The highest BCUT2D eigenvalue weighted by Gasteiger charge is 2.13. The third-order valence-electron chi connectivity index (χ3n) is 3.01. The molecule has 0 bridgehead atoms. The van der Waals surface area contributed by atoms with Crippen molar-refractivity contribution in [2.45, 2.75) is 19.4 Å². The van der Waals surface area contributed by atoms with Gasteiger partial charge in [0.05, 0.1) is 5.56 Å². The monoisotopic (exact) mass is 353 g/mol. The van der Waals surface area contributed by atoms with E-state index in [-0.39, 0.29) is 17.8 Å². The van der Waals surface area contributed by atoms with Crippen LogP contribution in [0.15, 0.2) is 46.9 Å². The third-order valence-corrected chi connectivity index (χ3v) is 3.66. The number of nitrogens with one attached hydrogen (secondary N) is 1. The molecule has 2 aromatic carbocycles. The molecule has 0 saturated carbocycles. The molecular formula is C16H14BrF2NO. The fourth-order valence-electron chi connectivity index (χ4n) is 2.00. The van der Waals surface area contributed by atoms with Crippen LogP contribution in [-0.2, 0) is 6.42 Å². The molecule has 21 heavy (non-hydrogen) atoms. The average molecular weight is 354 g/mol. The van der Waals surface area contributed by atoms with Gasteiger partial charge in [-0.2, -0.15) is 0 Å². The van der Waals surface area contributed by atoms with E-state index in [2.05, 4.69) is 21.2 Å². The topological polar surface area (TPSA) is 29.1 Å². The van der Waals surface area contributed by atoms with Crippen molar-refractivity contribution in [1.29, 1.82) is 0 Å². The molecule has 1 unspecified atom stereocenters. The van der Waals surface area contributed by atoms with Crippen molar-refractivity contribution in [1.82, 2.24) is 5.32 Å². The Bertz CT molecular complexity index is 643. The SMILES string of the molecule is CC(Cc1ccc(F)cc1)NC(=O)c1ccc(F)cc1Br. The van der Waals surface area contributed by atoms with Crippen LogP contribution < -0.4 is 5.32 Å². The van der Waals surface area contributed by atoms with Gasteiger partial charge in [-0.05, 0) is 65.2 Å². The Hall–Kier alpha value is -1.75. The van der Waals surface area contributed by atoms with Gasteiger partial charge in [0.2, 0.25) is 0 Å². The largest absolute Gasteiger partial charge is 0.349 e. The van der Waals surface area contributed by atoms with E-state index >= 15 is 0 Å². The molecule has 2 aromatic rings. The first-order valence-electron chi connectivity index (χ1n) is 6.46. The molecule has 110 valence electrons. The van der Waals surface area contributed by atoms with Crippen molar-refractivity contribution in [3.05, 3.63) is 69.7 Å². The summed E-state index contributed by atoms with van der Waals surface area (Å²) in [6.07, 6.45) is 0.588. The number of hydrogen-bond donors (Lipinski definition) is 1. The fraction of sp³-hybridized carbons (Fsp3) is 0.188. The minimum atomic E-state index is -0.405. The number of carbonyl (C=O) groups excluding carboxylic acids is 1. The molecule has 5 heteroatoms. The summed E-state index contributed by atoms with van der Waals surface area (Å²) < 4.78 is 26.2. The fourth-order valence-corrected chi connectivity index (χ4v) is 2.53. The van der Waals surface area contributed by atoms with Gasteiger partial charge in [0.1, 0.15) is 11.6 Å². The maximum absolute atomic E-state index is 13.0. The van der Waals surface area contributed by atoms with Crippen LogP contribution >= 0.6 is 15.9 Å². The van der Waals surface area contributed by atoms with Gasteiger partial charge in [0, 0.05) is 10.5 Å². The zero-order chi connectivity index (χ0) is 15.4. The molecule has 0 spiro atoms. The predicted molar refractivity (Wildman–Crippen MR) is 81.1 cm³/mol. The van der Waals surface area contributed by atoms with E-state index in [1.165, 1.54) is 30.3 Å². The Morgan fingerprint density at radius 2 is 1.76 bits per heavy atom. The van der Waals surface area contributed by atoms with Gasteiger partial charge >= 0.3 is 0 Å². The second-order valence-electron chi connectivity index (χ2n) is 4.83. The number of rotatable bonds is 4. The lowest BCUT2D eigenvalue weighted by atomic mass is 10.1. The number of benzene rings is 2. The van der Waals surface area contributed by atoms with Crippen LogP contribution in [-0.4, -0.2) is 11.9 Å². The Kier molecular flexibility index (Phi) is 5.07. The zero-order valence-electron chi connectivity index (χ0n) is 11.4. The first-order chi connectivity index (χ1) is 9.95. The molecule has 2 nitrogen and oxygen atoms in total. The molecule has 2 rings (SSSR count). The molecule has 1 atom stereocenters. The van der Waals surface area contributed by atoms with E-state index in [0.29, 0.717) is 16.5 Å². The smallest absolute Gasteiger partial charge is 0.252 e. The van der Waals surface area contributed by atoms with Gasteiger partial charge in [-0.1, -0.05) is 12.1 Å². The van der Waals surface area contributed by atoms with Crippen molar-refractivity contribution < 1.29 is 13.6 Å². The lowest BCUT2D eigenvalue weighted by molar-refractivity contribution is 0.0939. The summed E-state index contributed by atoms with van der Waals surface area (Å²) >= 11 is 3.17. The number of carbonyl (C=O) groups is 1. The van der Waals surface area contributed by atoms with Gasteiger partial charge in [0.15, 0.2) is 0 Å². The summed E-state index contributed by atoms with van der Waals surface area (Å²) in [4.78, 5) is 12.1. The predicted octanol–water partition coefficient (Wildman–Crippen LogP) is 4.09. The summed E-state index contributed by atoms with van der Waals surface area (Å²) in [6, 6.07) is 9.95. The maximum Gasteiger partial charge on any atom is 0.252 e. The van der Waals surface area contributed by atoms with Crippen LogP contribution in [0.3, 0.4) is 0 Å². The number of hydrogen-bond acceptors (Lipinski definition) is 1. The zero-order valence-corrected chi connectivity index (χ0v) is 13.0. The standard InChI is InChI=1S/C16H14BrF2NO/c1-10(8-11-2-4-12(18)5-3-11)20-16(21)14-7-6-13(19)9-15(14)17/h2-7,9-10H,8H2,1H3,(H,20,21). The number of halogens is 3. The molecular weight excluding hydrogens is 340 g/mol. The van der Waals surface area contributed by atoms with Gasteiger partial charge in [-0.15, -0.1) is 0 Å². The van der Waals surface area contributed by atoms with Crippen LogP contribution in [0.2, 0.25) is 0 Å². The second kappa shape index (κ2) is 6.80. The minimum absolute atomic E-state index is 0.125. The van der Waals surface area contributed by atoms with Crippen molar-refractivity contribution >= 4 is 21.8 Å². The molecule has 1 N–H and O–H groups in total. The van der Waals surface area contributed by atoms with Gasteiger partial charge in [-0.25, -0.2) is 8.78 Å². The first kappa shape index (κ1) is 15.6. The molecule has 0 heterocycles. The highest BCUT2D eigenvalue weighted by atomic mass is 79.9. The molecule has 0 aliphatic carbocycles. The van der Waals surface area contributed by atoms with Crippen LogP contribution in [0.1, 0.15) is 22.8 Å². The van der Waals surface area contributed by atoms with E-state index in [9.17, 15) is 13.6 Å². The van der Waals surface area contributed by atoms with Gasteiger partial charge in [-0.3, -0.25) is 4.79 Å². The van der Waals surface area contributed by atoms with E-state index in [0.717, 1.165) is 5.56 Å². The highest BCUT2D eigenvalue weighted by molar-refractivity contribution is 9.10. The molecule has 0 aliphatic heterocycles. The molecule has 0 aromatic heterocycles. The molecule has 0 fully saturated rings. The summed E-state index contributed by atoms with van der Waals surface area (Å²) in [5.74, 6) is -0.972. The van der Waals surface area contributed by atoms with Crippen LogP contribution in [0, 0.1) is 11.6 Å². The molecule has 0 radical (unpaired) electrons. The third kappa shape index (κ3) is 4.36. The van der Waals surface area contributed by atoms with Gasteiger partial charge < -0.3 is 5.32 Å². The summed E-state index contributed by atoms with van der Waals surface area (Å²) in [7, 11) is 0. The van der Waals surface area contributed by atoms with Crippen molar-refractivity contribution in [3.63, 3.8) is 0 Å². The lowest BCUT2D eigenvalue weighted by Gasteiger charge is -2.14. The van der Waals surface area contributed by atoms with E-state index in [4.69, 9.17) is 0 Å². The average Bonchev–Trinajstić information content (AvgIpc) is 2.41.